The lowest BCUT2D eigenvalue weighted by Crippen LogP contribution is -2.24. The number of allylic oxidation sites excluding steroid dienone is 1. The van der Waals surface area contributed by atoms with E-state index in [1.807, 2.05) is 19.1 Å². The van der Waals surface area contributed by atoms with E-state index in [4.69, 9.17) is 12.2 Å². The molecule has 0 aliphatic heterocycles. The number of thiazole rings is 1. The van der Waals surface area contributed by atoms with Crippen LogP contribution in [-0.2, 0) is 13.1 Å². The van der Waals surface area contributed by atoms with E-state index < -0.39 is 0 Å². The molecule has 24 heavy (non-hydrogen) atoms. The summed E-state index contributed by atoms with van der Waals surface area (Å²) in [6, 6.07) is 7.27. The first kappa shape index (κ1) is 16.5. The predicted octanol–water partition coefficient (Wildman–Crippen LogP) is 3.37. The molecule has 3 aromatic rings. The summed E-state index contributed by atoms with van der Waals surface area (Å²) in [5, 5.41) is 0. The van der Waals surface area contributed by atoms with E-state index >= 15 is 0 Å². The summed E-state index contributed by atoms with van der Waals surface area (Å²) in [5.41, 5.74) is 1.94. The molecule has 3 rings (SSSR count). The number of nitrogens with zero attached hydrogens (tertiary/aromatic N) is 3. The van der Waals surface area contributed by atoms with Crippen molar-refractivity contribution in [2.24, 2.45) is 0 Å². The van der Waals surface area contributed by atoms with Gasteiger partial charge in [-0.3, -0.25) is 14.2 Å². The second-order valence-electron chi connectivity index (χ2n) is 5.39. The molecular formula is C17H15N3O2S2. The number of ketones is 1. The van der Waals surface area contributed by atoms with Crippen LogP contribution in [-0.4, -0.2) is 19.9 Å². The van der Waals surface area contributed by atoms with Crippen LogP contribution in [0.25, 0.3) is 10.3 Å². The van der Waals surface area contributed by atoms with Crippen LogP contribution in [0.1, 0.15) is 15.9 Å². The molecule has 2 aromatic heterocycles. The molecule has 122 valence electrons. The lowest BCUT2D eigenvalue weighted by atomic mass is 10.1. The van der Waals surface area contributed by atoms with Crippen molar-refractivity contribution >= 4 is 39.7 Å². The van der Waals surface area contributed by atoms with E-state index in [1.165, 1.54) is 22.2 Å². The van der Waals surface area contributed by atoms with Gasteiger partial charge >= 0.3 is 0 Å². The fraction of sp³-hybridized carbons (Fsp3) is 0.176. The maximum atomic E-state index is 12.6. The Labute approximate surface area is 147 Å². The van der Waals surface area contributed by atoms with Gasteiger partial charge < -0.3 is 4.57 Å². The van der Waals surface area contributed by atoms with Gasteiger partial charge in [0.2, 0.25) is 0 Å². The minimum Gasteiger partial charge on any atom is -0.304 e. The highest BCUT2D eigenvalue weighted by molar-refractivity contribution is 7.73. The van der Waals surface area contributed by atoms with Gasteiger partial charge in [0.1, 0.15) is 11.0 Å². The average Bonchev–Trinajstić information content (AvgIpc) is 2.88. The Hall–Kier alpha value is -2.38. The van der Waals surface area contributed by atoms with Crippen molar-refractivity contribution in [2.45, 2.75) is 20.0 Å². The number of aromatic nitrogens is 3. The molecule has 0 bridgehead atoms. The number of carbonyl (C=O) groups excluding carboxylic acids is 1. The predicted molar refractivity (Wildman–Crippen MR) is 98.4 cm³/mol. The number of benzene rings is 1. The Morgan fingerprint density at radius 1 is 1.38 bits per heavy atom. The number of Topliss-reactive ketones (excluding diaryl/α,β-unsaturated/α-hetero) is 1. The zero-order valence-electron chi connectivity index (χ0n) is 13.1. The molecule has 0 amide bonds. The summed E-state index contributed by atoms with van der Waals surface area (Å²) in [7, 11) is 0. The van der Waals surface area contributed by atoms with Crippen LogP contribution in [0.5, 0.6) is 0 Å². The van der Waals surface area contributed by atoms with Crippen LogP contribution in [0.15, 0.2) is 48.0 Å². The van der Waals surface area contributed by atoms with Crippen LogP contribution in [0.3, 0.4) is 0 Å². The zero-order chi connectivity index (χ0) is 17.3. The third-order valence-corrected chi connectivity index (χ3v) is 5.07. The Morgan fingerprint density at radius 2 is 2.08 bits per heavy atom. The minimum absolute atomic E-state index is 0.0447. The van der Waals surface area contributed by atoms with Gasteiger partial charge in [-0.2, -0.15) is 0 Å². The van der Waals surface area contributed by atoms with Gasteiger partial charge in [0.15, 0.2) is 15.4 Å². The number of fused-ring (bicyclic) bond motifs is 1. The molecule has 0 saturated heterocycles. The highest BCUT2D eigenvalue weighted by atomic mass is 32.1. The lowest BCUT2D eigenvalue weighted by molar-refractivity contribution is 0.0970. The van der Waals surface area contributed by atoms with Crippen LogP contribution in [0.4, 0.5) is 0 Å². The highest BCUT2D eigenvalue weighted by Gasteiger charge is 2.14. The van der Waals surface area contributed by atoms with E-state index in [0.29, 0.717) is 26.4 Å². The van der Waals surface area contributed by atoms with Crippen LogP contribution in [0, 0.1) is 10.9 Å². The van der Waals surface area contributed by atoms with E-state index in [2.05, 4.69) is 11.6 Å². The molecule has 0 aliphatic rings. The van der Waals surface area contributed by atoms with Gasteiger partial charge in [-0.1, -0.05) is 47.2 Å². The molecule has 0 radical (unpaired) electrons. The van der Waals surface area contributed by atoms with Crippen molar-refractivity contribution < 1.29 is 4.79 Å². The largest absolute Gasteiger partial charge is 0.304 e. The standard InChI is InChI=1S/C17H15N3O2S2/c1-3-8-20-15-14(24-17(20)23)16(22)19(10-18-15)9-13(21)12-6-4-11(2)5-7-12/h3-7,10H,1,8-9H2,2H3. The summed E-state index contributed by atoms with van der Waals surface area (Å²) >= 11 is 6.48. The second-order valence-corrected chi connectivity index (χ2v) is 7.03. The molecule has 0 saturated carbocycles. The quantitative estimate of drug-likeness (QED) is 0.399. The molecule has 0 unspecified atom stereocenters. The first-order valence-corrected chi connectivity index (χ1v) is 8.53. The van der Waals surface area contributed by atoms with E-state index in [1.54, 1.807) is 22.8 Å². The van der Waals surface area contributed by atoms with Crippen molar-refractivity contribution in [3.05, 3.63) is 68.7 Å². The Morgan fingerprint density at radius 3 is 2.75 bits per heavy atom. The topological polar surface area (TPSA) is 56.9 Å². The minimum atomic E-state index is -0.251. The third kappa shape index (κ3) is 3.00. The van der Waals surface area contributed by atoms with E-state index in [0.717, 1.165) is 5.56 Å². The molecule has 1 aromatic carbocycles. The van der Waals surface area contributed by atoms with Gasteiger partial charge in [0.05, 0.1) is 6.54 Å². The number of aryl methyl sites for hydroxylation is 1. The van der Waals surface area contributed by atoms with Crippen molar-refractivity contribution in [3.63, 3.8) is 0 Å². The molecule has 0 N–H and O–H groups in total. The number of hydrogen-bond donors (Lipinski definition) is 0. The van der Waals surface area contributed by atoms with Crippen LogP contribution in [0.2, 0.25) is 0 Å². The van der Waals surface area contributed by atoms with Gasteiger partial charge in [0.25, 0.3) is 5.56 Å². The molecular weight excluding hydrogens is 342 g/mol. The summed E-state index contributed by atoms with van der Waals surface area (Å²) in [5.74, 6) is -0.132. The Bertz CT molecular complexity index is 1040. The summed E-state index contributed by atoms with van der Waals surface area (Å²) < 4.78 is 4.11. The van der Waals surface area contributed by atoms with Crippen molar-refractivity contribution in [2.75, 3.05) is 0 Å². The monoisotopic (exact) mass is 357 g/mol. The molecule has 7 heteroatoms. The van der Waals surface area contributed by atoms with E-state index in [9.17, 15) is 9.59 Å². The maximum Gasteiger partial charge on any atom is 0.273 e. The van der Waals surface area contributed by atoms with Crippen LogP contribution >= 0.6 is 23.6 Å². The molecule has 0 atom stereocenters. The molecule has 5 nitrogen and oxygen atoms in total. The number of hydrogen-bond acceptors (Lipinski definition) is 5. The average molecular weight is 357 g/mol. The van der Waals surface area contributed by atoms with Crippen molar-refractivity contribution in [1.29, 1.82) is 0 Å². The van der Waals surface area contributed by atoms with Crippen molar-refractivity contribution in [3.8, 4) is 0 Å². The summed E-state index contributed by atoms with van der Waals surface area (Å²) in [4.78, 5) is 29.3. The second kappa shape index (κ2) is 6.62. The number of carbonyl (C=O) groups is 1. The van der Waals surface area contributed by atoms with Gasteiger partial charge in [0, 0.05) is 12.1 Å². The molecule has 0 fully saturated rings. The van der Waals surface area contributed by atoms with Gasteiger partial charge in [-0.15, -0.1) is 6.58 Å². The lowest BCUT2D eigenvalue weighted by Gasteiger charge is -2.06. The first-order chi connectivity index (χ1) is 11.5. The Balaban J connectivity index is 1.99. The number of rotatable bonds is 5. The Kier molecular flexibility index (Phi) is 4.55. The fourth-order valence-corrected chi connectivity index (χ4v) is 3.68. The van der Waals surface area contributed by atoms with Gasteiger partial charge in [-0.25, -0.2) is 4.98 Å². The van der Waals surface area contributed by atoms with Crippen molar-refractivity contribution in [1.82, 2.24) is 14.1 Å². The molecule has 0 aliphatic carbocycles. The van der Waals surface area contributed by atoms with E-state index in [-0.39, 0.29) is 17.9 Å². The highest BCUT2D eigenvalue weighted by Crippen LogP contribution is 2.17. The smallest absolute Gasteiger partial charge is 0.273 e. The first-order valence-electron chi connectivity index (χ1n) is 7.31. The van der Waals surface area contributed by atoms with Crippen LogP contribution < -0.4 is 5.56 Å². The SMILES string of the molecule is C=CCn1c(=S)sc2c(=O)n(CC(=O)c3ccc(C)cc3)cnc21. The normalized spacial score (nSPS) is 10.9. The fourth-order valence-electron chi connectivity index (χ4n) is 2.36. The maximum absolute atomic E-state index is 12.6. The molecule has 0 spiro atoms. The summed E-state index contributed by atoms with van der Waals surface area (Å²) in [6.07, 6.45) is 3.11. The van der Waals surface area contributed by atoms with Gasteiger partial charge in [-0.05, 0) is 19.1 Å². The zero-order valence-corrected chi connectivity index (χ0v) is 14.7. The third-order valence-electron chi connectivity index (χ3n) is 3.64. The molecule has 2 heterocycles. The summed E-state index contributed by atoms with van der Waals surface area (Å²) in [6.45, 7) is 6.09.